The molecule has 0 radical (unpaired) electrons. The van der Waals surface area contributed by atoms with Gasteiger partial charge in [-0.2, -0.15) is 0 Å². The summed E-state index contributed by atoms with van der Waals surface area (Å²) in [6.45, 7) is 0.893. The van der Waals surface area contributed by atoms with E-state index in [4.69, 9.17) is 4.74 Å². The fraction of sp³-hybridized carbons (Fsp3) is 0.143. The molecule has 0 fully saturated rings. The molecular formula is C14H13F2NO. The minimum absolute atomic E-state index is 0.236. The Bertz CT molecular complexity index is 502. The van der Waals surface area contributed by atoms with Gasteiger partial charge < -0.3 is 4.74 Å². The second-order valence-corrected chi connectivity index (χ2v) is 3.78. The highest BCUT2D eigenvalue weighted by molar-refractivity contribution is 5.23. The van der Waals surface area contributed by atoms with Gasteiger partial charge in [-0.3, -0.25) is 5.32 Å². The van der Waals surface area contributed by atoms with Crippen LogP contribution in [-0.2, 0) is 6.54 Å². The number of halogens is 2. The van der Waals surface area contributed by atoms with Crippen LogP contribution >= 0.6 is 0 Å². The Morgan fingerprint density at radius 3 is 2.44 bits per heavy atom. The molecule has 2 aromatic carbocycles. The van der Waals surface area contributed by atoms with Crippen molar-refractivity contribution in [2.75, 3.05) is 6.73 Å². The molecule has 0 bridgehead atoms. The van der Waals surface area contributed by atoms with Crippen LogP contribution in [0.3, 0.4) is 0 Å². The van der Waals surface area contributed by atoms with Gasteiger partial charge in [0.2, 0.25) is 0 Å². The molecular weight excluding hydrogens is 236 g/mol. The molecule has 18 heavy (non-hydrogen) atoms. The molecule has 0 heterocycles. The van der Waals surface area contributed by atoms with Gasteiger partial charge in [-0.05, 0) is 17.7 Å². The van der Waals surface area contributed by atoms with Crippen molar-refractivity contribution < 1.29 is 13.5 Å². The van der Waals surface area contributed by atoms with Crippen molar-refractivity contribution in [1.82, 2.24) is 5.32 Å². The van der Waals surface area contributed by atoms with Crippen LogP contribution in [0.4, 0.5) is 8.78 Å². The monoisotopic (exact) mass is 249 g/mol. The number of nitrogens with one attached hydrogen (secondary N) is 1. The molecule has 1 N–H and O–H groups in total. The molecule has 2 rings (SSSR count). The van der Waals surface area contributed by atoms with Gasteiger partial charge in [0.05, 0.1) is 0 Å². The zero-order valence-electron chi connectivity index (χ0n) is 9.70. The lowest BCUT2D eigenvalue weighted by atomic mass is 10.2. The molecule has 0 saturated heterocycles. The fourth-order valence-corrected chi connectivity index (χ4v) is 1.49. The van der Waals surface area contributed by atoms with E-state index in [1.807, 2.05) is 30.3 Å². The second-order valence-electron chi connectivity index (χ2n) is 3.78. The van der Waals surface area contributed by atoms with Crippen LogP contribution in [0.25, 0.3) is 0 Å². The Kier molecular flexibility index (Phi) is 4.25. The van der Waals surface area contributed by atoms with Crippen molar-refractivity contribution in [2.45, 2.75) is 6.54 Å². The Morgan fingerprint density at radius 1 is 0.944 bits per heavy atom. The fourth-order valence-electron chi connectivity index (χ4n) is 1.49. The summed E-state index contributed by atoms with van der Waals surface area (Å²) in [6, 6.07) is 13.3. The summed E-state index contributed by atoms with van der Waals surface area (Å²) >= 11 is 0. The Morgan fingerprint density at radius 2 is 1.72 bits per heavy atom. The lowest BCUT2D eigenvalue weighted by molar-refractivity contribution is 0.280. The van der Waals surface area contributed by atoms with Crippen LogP contribution in [-0.4, -0.2) is 6.73 Å². The highest BCUT2D eigenvalue weighted by Crippen LogP contribution is 2.14. The standard InChI is InChI=1S/C14H13F2NO/c15-13-7-6-12(8-14(13)16)18-10-17-9-11-4-2-1-3-5-11/h1-8,17H,9-10H2. The van der Waals surface area contributed by atoms with E-state index in [1.165, 1.54) is 6.07 Å². The van der Waals surface area contributed by atoms with Gasteiger partial charge in [0.25, 0.3) is 0 Å². The van der Waals surface area contributed by atoms with Crippen molar-refractivity contribution in [3.05, 3.63) is 65.7 Å². The van der Waals surface area contributed by atoms with Crippen LogP contribution in [0.1, 0.15) is 5.56 Å². The number of hydrogen-bond donors (Lipinski definition) is 1. The molecule has 2 aromatic rings. The average molecular weight is 249 g/mol. The van der Waals surface area contributed by atoms with Crippen LogP contribution < -0.4 is 10.1 Å². The molecule has 0 aromatic heterocycles. The largest absolute Gasteiger partial charge is 0.478 e. The molecule has 0 atom stereocenters. The summed E-state index contributed by atoms with van der Waals surface area (Å²) in [7, 11) is 0. The van der Waals surface area contributed by atoms with E-state index >= 15 is 0 Å². The summed E-state index contributed by atoms with van der Waals surface area (Å²) in [6.07, 6.45) is 0. The molecule has 0 aliphatic heterocycles. The van der Waals surface area contributed by atoms with E-state index in [0.717, 1.165) is 17.7 Å². The van der Waals surface area contributed by atoms with E-state index in [9.17, 15) is 8.78 Å². The van der Waals surface area contributed by atoms with Gasteiger partial charge in [0.1, 0.15) is 12.5 Å². The smallest absolute Gasteiger partial charge is 0.162 e. The number of hydrogen-bond acceptors (Lipinski definition) is 2. The minimum Gasteiger partial charge on any atom is -0.478 e. The highest BCUT2D eigenvalue weighted by atomic mass is 19.2. The third kappa shape index (κ3) is 3.53. The van der Waals surface area contributed by atoms with Gasteiger partial charge in [-0.15, -0.1) is 0 Å². The molecule has 0 aliphatic rings. The quantitative estimate of drug-likeness (QED) is 0.649. The predicted octanol–water partition coefficient (Wildman–Crippen LogP) is 3.09. The molecule has 0 amide bonds. The predicted molar refractivity (Wildman–Crippen MR) is 65.1 cm³/mol. The van der Waals surface area contributed by atoms with Crippen molar-refractivity contribution >= 4 is 0 Å². The first kappa shape index (κ1) is 12.5. The maximum Gasteiger partial charge on any atom is 0.162 e. The van der Waals surface area contributed by atoms with Gasteiger partial charge in [-0.25, -0.2) is 8.78 Å². The molecule has 0 saturated carbocycles. The summed E-state index contributed by atoms with van der Waals surface area (Å²) in [5.74, 6) is -1.48. The van der Waals surface area contributed by atoms with Gasteiger partial charge >= 0.3 is 0 Å². The van der Waals surface area contributed by atoms with Crippen LogP contribution in [0, 0.1) is 11.6 Å². The summed E-state index contributed by atoms with van der Waals surface area (Å²) in [5.41, 5.74) is 1.13. The normalized spacial score (nSPS) is 10.3. The first-order valence-electron chi connectivity index (χ1n) is 5.58. The lowest BCUT2D eigenvalue weighted by Crippen LogP contribution is -2.19. The van der Waals surface area contributed by atoms with Crippen molar-refractivity contribution in [1.29, 1.82) is 0 Å². The second kappa shape index (κ2) is 6.12. The third-order valence-electron chi connectivity index (χ3n) is 2.40. The van der Waals surface area contributed by atoms with Gasteiger partial charge in [0.15, 0.2) is 11.6 Å². The Balaban J connectivity index is 1.77. The number of rotatable bonds is 5. The van der Waals surface area contributed by atoms with Crippen molar-refractivity contribution in [2.24, 2.45) is 0 Å². The van der Waals surface area contributed by atoms with E-state index in [2.05, 4.69) is 5.32 Å². The van der Waals surface area contributed by atoms with Crippen LogP contribution in [0.15, 0.2) is 48.5 Å². The van der Waals surface area contributed by atoms with E-state index in [1.54, 1.807) is 0 Å². The first-order chi connectivity index (χ1) is 8.75. The third-order valence-corrected chi connectivity index (χ3v) is 2.40. The van der Waals surface area contributed by atoms with E-state index < -0.39 is 11.6 Å². The SMILES string of the molecule is Fc1ccc(OCNCc2ccccc2)cc1F. The zero-order valence-corrected chi connectivity index (χ0v) is 9.70. The molecule has 0 spiro atoms. The molecule has 2 nitrogen and oxygen atoms in total. The molecule has 0 unspecified atom stereocenters. The molecule has 4 heteroatoms. The minimum atomic E-state index is -0.907. The van der Waals surface area contributed by atoms with Crippen molar-refractivity contribution in [3.8, 4) is 5.75 Å². The summed E-state index contributed by atoms with van der Waals surface area (Å²) < 4.78 is 30.8. The number of ether oxygens (including phenoxy) is 1. The average Bonchev–Trinajstić information content (AvgIpc) is 2.40. The number of benzene rings is 2. The first-order valence-corrected chi connectivity index (χ1v) is 5.58. The zero-order chi connectivity index (χ0) is 12.8. The van der Waals surface area contributed by atoms with E-state index in [0.29, 0.717) is 12.3 Å². The van der Waals surface area contributed by atoms with E-state index in [-0.39, 0.29) is 6.73 Å². The Labute approximate surface area is 104 Å². The summed E-state index contributed by atoms with van der Waals surface area (Å²) in [4.78, 5) is 0. The maximum atomic E-state index is 12.9. The van der Waals surface area contributed by atoms with Crippen LogP contribution in [0.2, 0.25) is 0 Å². The lowest BCUT2D eigenvalue weighted by Gasteiger charge is -2.08. The van der Waals surface area contributed by atoms with Gasteiger partial charge in [-0.1, -0.05) is 30.3 Å². The van der Waals surface area contributed by atoms with Crippen molar-refractivity contribution in [3.63, 3.8) is 0 Å². The summed E-state index contributed by atoms with van der Waals surface area (Å²) in [5, 5.41) is 3.05. The topological polar surface area (TPSA) is 21.3 Å². The highest BCUT2D eigenvalue weighted by Gasteiger charge is 2.02. The Hall–Kier alpha value is -1.94. The molecule has 94 valence electrons. The van der Waals surface area contributed by atoms with Crippen LogP contribution in [0.5, 0.6) is 5.75 Å². The maximum absolute atomic E-state index is 12.9. The molecule has 0 aliphatic carbocycles. The van der Waals surface area contributed by atoms with Gasteiger partial charge in [0, 0.05) is 12.6 Å².